The molecular weight excluding hydrogens is 454 g/mol. The zero-order chi connectivity index (χ0) is 25.4. The van der Waals surface area contributed by atoms with Crippen molar-refractivity contribution in [3.05, 3.63) is 65.2 Å². The summed E-state index contributed by atoms with van der Waals surface area (Å²) < 4.78 is 28.3. The number of nitrogens with zero attached hydrogens (tertiary/aromatic N) is 1. The Morgan fingerprint density at radius 1 is 0.667 bits per heavy atom. The van der Waals surface area contributed by atoms with Gasteiger partial charge in [0.15, 0.2) is 23.0 Å². The van der Waals surface area contributed by atoms with Crippen LogP contribution >= 0.6 is 0 Å². The maximum Gasteiger partial charge on any atom is 0.161 e. The summed E-state index contributed by atoms with van der Waals surface area (Å²) >= 11 is 0. The SMILES string of the molecule is CCN1CCc2cc(OC)c(OC)cc2C1c1cc2ccc(OC)cc2c2cc(OC)c(OC)cc12. The third kappa shape index (κ3) is 3.86. The van der Waals surface area contributed by atoms with Crippen LogP contribution in [0, 0.1) is 0 Å². The molecule has 5 rings (SSSR count). The third-order valence-electron chi connectivity index (χ3n) is 7.37. The van der Waals surface area contributed by atoms with Crippen molar-refractivity contribution in [3.8, 4) is 28.7 Å². The second-order valence-corrected chi connectivity index (χ2v) is 8.99. The molecule has 6 nitrogen and oxygen atoms in total. The lowest BCUT2D eigenvalue weighted by molar-refractivity contribution is 0.225. The van der Waals surface area contributed by atoms with Crippen LogP contribution in [0.1, 0.15) is 29.7 Å². The normalized spacial score (nSPS) is 15.6. The van der Waals surface area contributed by atoms with Gasteiger partial charge in [0.2, 0.25) is 0 Å². The predicted molar refractivity (Wildman–Crippen MR) is 143 cm³/mol. The summed E-state index contributed by atoms with van der Waals surface area (Å²) in [7, 11) is 8.43. The van der Waals surface area contributed by atoms with E-state index in [0.29, 0.717) is 11.5 Å². The highest BCUT2D eigenvalue weighted by Gasteiger charge is 2.31. The zero-order valence-electron chi connectivity index (χ0n) is 21.8. The van der Waals surface area contributed by atoms with E-state index in [1.54, 1.807) is 35.5 Å². The fourth-order valence-corrected chi connectivity index (χ4v) is 5.54. The lowest BCUT2D eigenvalue weighted by atomic mass is 9.84. The molecule has 1 aliphatic rings. The van der Waals surface area contributed by atoms with Gasteiger partial charge in [-0.05, 0) is 93.7 Å². The largest absolute Gasteiger partial charge is 0.497 e. The predicted octanol–water partition coefficient (Wildman–Crippen LogP) is 6.00. The molecule has 4 aromatic rings. The summed E-state index contributed by atoms with van der Waals surface area (Å²) in [6.07, 6.45) is 0.958. The van der Waals surface area contributed by atoms with E-state index in [9.17, 15) is 0 Å². The molecule has 0 radical (unpaired) electrons. The van der Waals surface area contributed by atoms with E-state index < -0.39 is 0 Å². The maximum absolute atomic E-state index is 5.73. The number of likely N-dealkylation sites (N-methyl/N-ethyl adjacent to an activating group) is 1. The van der Waals surface area contributed by atoms with E-state index in [0.717, 1.165) is 58.3 Å². The number of ether oxygens (including phenoxy) is 5. The van der Waals surface area contributed by atoms with E-state index >= 15 is 0 Å². The monoisotopic (exact) mass is 487 g/mol. The van der Waals surface area contributed by atoms with Crippen LogP contribution in [-0.4, -0.2) is 53.5 Å². The Morgan fingerprint density at radius 2 is 1.31 bits per heavy atom. The second-order valence-electron chi connectivity index (χ2n) is 8.99. The Morgan fingerprint density at radius 3 is 1.94 bits per heavy atom. The molecule has 0 aromatic heterocycles. The Hall–Kier alpha value is -3.64. The van der Waals surface area contributed by atoms with Gasteiger partial charge in [0, 0.05) is 6.54 Å². The van der Waals surface area contributed by atoms with Crippen molar-refractivity contribution in [1.29, 1.82) is 0 Å². The molecule has 0 spiro atoms. The molecule has 1 unspecified atom stereocenters. The first-order valence-corrected chi connectivity index (χ1v) is 12.2. The summed E-state index contributed by atoms with van der Waals surface area (Å²) in [4.78, 5) is 2.52. The molecule has 1 atom stereocenters. The lowest BCUT2D eigenvalue weighted by Gasteiger charge is -2.38. The zero-order valence-corrected chi connectivity index (χ0v) is 21.8. The van der Waals surface area contributed by atoms with Crippen LogP contribution in [0.15, 0.2) is 48.5 Å². The van der Waals surface area contributed by atoms with Gasteiger partial charge in [0.1, 0.15) is 5.75 Å². The van der Waals surface area contributed by atoms with Gasteiger partial charge in [-0.15, -0.1) is 0 Å². The van der Waals surface area contributed by atoms with Crippen molar-refractivity contribution < 1.29 is 23.7 Å². The van der Waals surface area contributed by atoms with Crippen molar-refractivity contribution in [2.45, 2.75) is 19.4 Å². The number of fused-ring (bicyclic) bond motifs is 4. The second kappa shape index (κ2) is 9.78. The number of methoxy groups -OCH3 is 5. The fraction of sp³-hybridized carbons (Fsp3) is 0.333. The van der Waals surface area contributed by atoms with Crippen LogP contribution in [0.5, 0.6) is 28.7 Å². The van der Waals surface area contributed by atoms with Gasteiger partial charge in [-0.1, -0.05) is 13.0 Å². The Kier molecular flexibility index (Phi) is 6.54. The molecule has 0 saturated heterocycles. The molecule has 0 fully saturated rings. The molecular formula is C30H33NO5. The maximum atomic E-state index is 5.73. The van der Waals surface area contributed by atoms with E-state index in [-0.39, 0.29) is 6.04 Å². The Bertz CT molecular complexity index is 1430. The first-order chi connectivity index (χ1) is 17.6. The summed E-state index contributed by atoms with van der Waals surface area (Å²) in [5.41, 5.74) is 3.74. The van der Waals surface area contributed by atoms with E-state index in [1.165, 1.54) is 16.7 Å². The Labute approximate surface area is 212 Å². The molecule has 1 heterocycles. The third-order valence-corrected chi connectivity index (χ3v) is 7.37. The average molecular weight is 488 g/mol. The minimum Gasteiger partial charge on any atom is -0.497 e. The minimum absolute atomic E-state index is 0.0469. The van der Waals surface area contributed by atoms with Crippen molar-refractivity contribution in [2.75, 3.05) is 48.6 Å². The molecule has 0 aliphatic carbocycles. The molecule has 0 saturated carbocycles. The number of hydrogen-bond acceptors (Lipinski definition) is 6. The van der Waals surface area contributed by atoms with Gasteiger partial charge in [0.05, 0.1) is 41.6 Å². The van der Waals surface area contributed by atoms with Crippen molar-refractivity contribution in [2.24, 2.45) is 0 Å². The van der Waals surface area contributed by atoms with E-state index in [1.807, 2.05) is 6.07 Å². The van der Waals surface area contributed by atoms with Gasteiger partial charge < -0.3 is 23.7 Å². The molecule has 6 heteroatoms. The first-order valence-electron chi connectivity index (χ1n) is 12.2. The van der Waals surface area contributed by atoms with Gasteiger partial charge in [-0.2, -0.15) is 0 Å². The van der Waals surface area contributed by atoms with Crippen LogP contribution in [0.2, 0.25) is 0 Å². The highest BCUT2D eigenvalue weighted by Crippen LogP contribution is 2.46. The number of benzene rings is 4. The fourth-order valence-electron chi connectivity index (χ4n) is 5.54. The average Bonchev–Trinajstić information content (AvgIpc) is 2.94. The summed E-state index contributed by atoms with van der Waals surface area (Å²) in [6.45, 7) is 4.10. The first kappa shape index (κ1) is 24.1. The molecule has 0 N–H and O–H groups in total. The molecule has 0 bridgehead atoms. The molecule has 0 amide bonds. The van der Waals surface area contributed by atoms with Crippen molar-refractivity contribution >= 4 is 21.5 Å². The standard InChI is InChI=1S/C30H33NO5/c1-7-31-11-10-19-13-26(33-3)27(34-4)15-22(19)30(31)25-12-18-8-9-20(32-2)14-21(18)23-16-28(35-5)29(36-6)17-24(23)25/h8-9,12-17,30H,7,10-11H2,1-6H3. The minimum atomic E-state index is 0.0469. The van der Waals surface area contributed by atoms with Crippen LogP contribution in [-0.2, 0) is 6.42 Å². The summed E-state index contributed by atoms with van der Waals surface area (Å²) in [5.74, 6) is 3.74. The van der Waals surface area contributed by atoms with Gasteiger partial charge in [0.25, 0.3) is 0 Å². The highest BCUT2D eigenvalue weighted by molar-refractivity contribution is 6.10. The molecule has 4 aromatic carbocycles. The van der Waals surface area contributed by atoms with Crippen LogP contribution < -0.4 is 23.7 Å². The van der Waals surface area contributed by atoms with Crippen LogP contribution in [0.3, 0.4) is 0 Å². The summed E-state index contributed by atoms with van der Waals surface area (Å²) in [6, 6.07) is 17.0. The van der Waals surface area contributed by atoms with Crippen LogP contribution in [0.25, 0.3) is 21.5 Å². The quantitative estimate of drug-likeness (QED) is 0.298. The topological polar surface area (TPSA) is 49.4 Å². The van der Waals surface area contributed by atoms with Gasteiger partial charge in [-0.25, -0.2) is 0 Å². The van der Waals surface area contributed by atoms with Gasteiger partial charge in [-0.3, -0.25) is 4.90 Å². The van der Waals surface area contributed by atoms with Gasteiger partial charge >= 0.3 is 0 Å². The van der Waals surface area contributed by atoms with E-state index in [2.05, 4.69) is 54.3 Å². The van der Waals surface area contributed by atoms with Crippen molar-refractivity contribution in [1.82, 2.24) is 4.90 Å². The number of rotatable bonds is 7. The lowest BCUT2D eigenvalue weighted by Crippen LogP contribution is -2.36. The van der Waals surface area contributed by atoms with Crippen molar-refractivity contribution in [3.63, 3.8) is 0 Å². The highest BCUT2D eigenvalue weighted by atomic mass is 16.5. The Balaban J connectivity index is 1.86. The molecule has 188 valence electrons. The van der Waals surface area contributed by atoms with Crippen LogP contribution in [0.4, 0.5) is 0 Å². The molecule has 1 aliphatic heterocycles. The number of hydrogen-bond donors (Lipinski definition) is 0. The molecule has 36 heavy (non-hydrogen) atoms. The van der Waals surface area contributed by atoms with E-state index in [4.69, 9.17) is 23.7 Å². The smallest absolute Gasteiger partial charge is 0.161 e. The summed E-state index contributed by atoms with van der Waals surface area (Å²) in [5, 5.41) is 4.48.